The molecule has 0 aliphatic heterocycles. The lowest BCUT2D eigenvalue weighted by molar-refractivity contribution is 0.0501. The number of amides is 1. The van der Waals surface area contributed by atoms with E-state index in [2.05, 4.69) is 10.5 Å². The quantitative estimate of drug-likeness (QED) is 0.377. The molecule has 0 bridgehead atoms. The SMILES string of the molecule is CC(C)(C)OC(=O)NC1CCC(/C(N)=N/OC(=O)c2ccccc2)C1. The van der Waals surface area contributed by atoms with E-state index in [0.717, 1.165) is 12.8 Å². The summed E-state index contributed by atoms with van der Waals surface area (Å²) in [7, 11) is 0. The first-order valence-corrected chi connectivity index (χ1v) is 8.34. The smallest absolute Gasteiger partial charge is 0.407 e. The van der Waals surface area contributed by atoms with E-state index in [1.165, 1.54) is 0 Å². The summed E-state index contributed by atoms with van der Waals surface area (Å²) in [5, 5.41) is 6.59. The van der Waals surface area contributed by atoms with E-state index >= 15 is 0 Å². The molecule has 1 aliphatic carbocycles. The molecule has 0 aromatic heterocycles. The van der Waals surface area contributed by atoms with E-state index in [-0.39, 0.29) is 17.8 Å². The highest BCUT2D eigenvalue weighted by atomic mass is 16.7. The van der Waals surface area contributed by atoms with Crippen molar-refractivity contribution in [2.24, 2.45) is 16.8 Å². The highest BCUT2D eigenvalue weighted by molar-refractivity contribution is 5.90. The van der Waals surface area contributed by atoms with Crippen molar-refractivity contribution in [3.8, 4) is 0 Å². The Kier molecular flexibility index (Phi) is 6.01. The zero-order valence-corrected chi connectivity index (χ0v) is 14.8. The summed E-state index contributed by atoms with van der Waals surface area (Å²) in [4.78, 5) is 28.5. The molecule has 7 nitrogen and oxygen atoms in total. The normalized spacial score (nSPS) is 20.8. The van der Waals surface area contributed by atoms with Gasteiger partial charge in [-0.05, 0) is 52.2 Å². The number of nitrogens with zero attached hydrogens (tertiary/aromatic N) is 1. The van der Waals surface area contributed by atoms with Gasteiger partial charge in [-0.2, -0.15) is 0 Å². The summed E-state index contributed by atoms with van der Waals surface area (Å²) in [5.41, 5.74) is 5.81. The first-order chi connectivity index (χ1) is 11.7. The third-order valence-electron chi connectivity index (χ3n) is 3.82. The fraction of sp³-hybridized carbons (Fsp3) is 0.500. The van der Waals surface area contributed by atoms with E-state index in [4.69, 9.17) is 15.3 Å². The topological polar surface area (TPSA) is 103 Å². The van der Waals surface area contributed by atoms with Crippen LogP contribution in [0.25, 0.3) is 0 Å². The third kappa shape index (κ3) is 6.10. The highest BCUT2D eigenvalue weighted by Crippen LogP contribution is 2.26. The van der Waals surface area contributed by atoms with Crippen LogP contribution in [0.15, 0.2) is 35.5 Å². The Bertz CT molecular complexity index is 637. The molecule has 3 N–H and O–H groups in total. The molecule has 25 heavy (non-hydrogen) atoms. The van der Waals surface area contributed by atoms with E-state index in [0.29, 0.717) is 12.0 Å². The summed E-state index contributed by atoms with van der Waals surface area (Å²) in [6.07, 6.45) is 1.73. The molecule has 0 saturated heterocycles. The van der Waals surface area contributed by atoms with Crippen LogP contribution < -0.4 is 11.1 Å². The van der Waals surface area contributed by atoms with Gasteiger partial charge in [-0.3, -0.25) is 0 Å². The Morgan fingerprint density at radius 3 is 2.52 bits per heavy atom. The number of carbonyl (C=O) groups excluding carboxylic acids is 2. The molecule has 0 heterocycles. The maximum Gasteiger partial charge on any atom is 0.407 e. The molecule has 2 atom stereocenters. The molecule has 1 saturated carbocycles. The van der Waals surface area contributed by atoms with Crippen LogP contribution in [0.1, 0.15) is 50.4 Å². The van der Waals surface area contributed by atoms with Crippen LogP contribution in [-0.2, 0) is 9.57 Å². The molecule has 0 radical (unpaired) electrons. The van der Waals surface area contributed by atoms with Crippen molar-refractivity contribution >= 4 is 17.9 Å². The fourth-order valence-corrected chi connectivity index (χ4v) is 2.65. The number of nitrogens with one attached hydrogen (secondary N) is 1. The summed E-state index contributed by atoms with van der Waals surface area (Å²) in [6, 6.07) is 8.55. The largest absolute Gasteiger partial charge is 0.444 e. The first kappa shape index (κ1) is 18.8. The summed E-state index contributed by atoms with van der Waals surface area (Å²) in [6.45, 7) is 5.45. The third-order valence-corrected chi connectivity index (χ3v) is 3.82. The van der Waals surface area contributed by atoms with Crippen LogP contribution in [0, 0.1) is 5.92 Å². The molecule has 1 aromatic rings. The number of amidine groups is 1. The number of hydrogen-bond donors (Lipinski definition) is 2. The maximum atomic E-state index is 11.8. The average Bonchev–Trinajstić information content (AvgIpc) is 2.99. The Morgan fingerprint density at radius 1 is 1.20 bits per heavy atom. The number of carbonyl (C=O) groups is 2. The van der Waals surface area contributed by atoms with Gasteiger partial charge in [0.15, 0.2) is 0 Å². The maximum absolute atomic E-state index is 11.8. The summed E-state index contributed by atoms with van der Waals surface area (Å²) >= 11 is 0. The number of ether oxygens (including phenoxy) is 1. The van der Waals surface area contributed by atoms with Crippen LogP contribution in [-0.4, -0.2) is 29.5 Å². The molecule has 136 valence electrons. The predicted octanol–water partition coefficient (Wildman–Crippen LogP) is 2.81. The lowest BCUT2D eigenvalue weighted by Crippen LogP contribution is -2.38. The van der Waals surface area contributed by atoms with Crippen molar-refractivity contribution in [2.45, 2.75) is 51.7 Å². The Balaban J connectivity index is 1.82. The van der Waals surface area contributed by atoms with Gasteiger partial charge >= 0.3 is 12.1 Å². The lowest BCUT2D eigenvalue weighted by atomic mass is 10.1. The van der Waals surface area contributed by atoms with Crippen molar-refractivity contribution < 1.29 is 19.2 Å². The fourth-order valence-electron chi connectivity index (χ4n) is 2.65. The number of benzene rings is 1. The van der Waals surface area contributed by atoms with Gasteiger partial charge < -0.3 is 20.6 Å². The van der Waals surface area contributed by atoms with Crippen molar-refractivity contribution in [3.63, 3.8) is 0 Å². The summed E-state index contributed by atoms with van der Waals surface area (Å²) in [5.74, 6) is -0.328. The van der Waals surface area contributed by atoms with Crippen molar-refractivity contribution in [2.75, 3.05) is 0 Å². The van der Waals surface area contributed by atoms with Crippen molar-refractivity contribution in [1.82, 2.24) is 5.32 Å². The minimum atomic E-state index is -0.551. The van der Waals surface area contributed by atoms with Gasteiger partial charge in [-0.15, -0.1) is 0 Å². The monoisotopic (exact) mass is 347 g/mol. The number of nitrogens with two attached hydrogens (primary N) is 1. The molecule has 1 fully saturated rings. The van der Waals surface area contributed by atoms with Crippen LogP contribution in [0.4, 0.5) is 4.79 Å². The van der Waals surface area contributed by atoms with Gasteiger partial charge in [0, 0.05) is 12.0 Å². The van der Waals surface area contributed by atoms with Gasteiger partial charge in [-0.25, -0.2) is 9.59 Å². The van der Waals surface area contributed by atoms with E-state index in [1.807, 2.05) is 26.8 Å². The summed E-state index contributed by atoms with van der Waals surface area (Å²) < 4.78 is 5.24. The molecule has 2 unspecified atom stereocenters. The molecule has 1 amide bonds. The van der Waals surface area contributed by atoms with Gasteiger partial charge in [0.25, 0.3) is 0 Å². The molecule has 0 spiro atoms. The molecular formula is C18H25N3O4. The lowest BCUT2D eigenvalue weighted by Gasteiger charge is -2.21. The Morgan fingerprint density at radius 2 is 1.88 bits per heavy atom. The molecule has 1 aromatic carbocycles. The van der Waals surface area contributed by atoms with Crippen molar-refractivity contribution in [1.29, 1.82) is 0 Å². The second-order valence-corrected chi connectivity index (χ2v) is 7.11. The Hall–Kier alpha value is -2.57. The first-order valence-electron chi connectivity index (χ1n) is 8.34. The number of hydrogen-bond acceptors (Lipinski definition) is 5. The minimum absolute atomic E-state index is 0.0292. The molecule has 7 heteroatoms. The van der Waals surface area contributed by atoms with Crippen LogP contribution in [0.2, 0.25) is 0 Å². The standard InChI is InChI=1S/C18H25N3O4/c1-18(2,3)24-17(23)20-14-10-9-13(11-14)15(19)21-25-16(22)12-7-5-4-6-8-12/h4-8,13-14H,9-11H2,1-3H3,(H2,19,21)(H,20,23). The van der Waals surface area contributed by atoms with E-state index in [1.54, 1.807) is 24.3 Å². The zero-order chi connectivity index (χ0) is 18.4. The number of alkyl carbamates (subject to hydrolysis) is 1. The van der Waals surface area contributed by atoms with Gasteiger partial charge in [-0.1, -0.05) is 23.4 Å². The molecular weight excluding hydrogens is 322 g/mol. The number of rotatable bonds is 4. The molecule has 1 aliphatic rings. The van der Waals surface area contributed by atoms with E-state index in [9.17, 15) is 9.59 Å². The van der Waals surface area contributed by atoms with Crippen molar-refractivity contribution in [3.05, 3.63) is 35.9 Å². The van der Waals surface area contributed by atoms with Crippen LogP contribution >= 0.6 is 0 Å². The minimum Gasteiger partial charge on any atom is -0.444 e. The van der Waals surface area contributed by atoms with E-state index < -0.39 is 17.7 Å². The van der Waals surface area contributed by atoms with Gasteiger partial charge in [0.05, 0.1) is 5.56 Å². The zero-order valence-electron chi connectivity index (χ0n) is 14.8. The van der Waals surface area contributed by atoms with Gasteiger partial charge in [0.1, 0.15) is 11.4 Å². The highest BCUT2D eigenvalue weighted by Gasteiger charge is 2.30. The second-order valence-electron chi connectivity index (χ2n) is 7.11. The second kappa shape index (κ2) is 8.00. The Labute approximate surface area is 147 Å². The molecule has 2 rings (SSSR count). The van der Waals surface area contributed by atoms with Crippen LogP contribution in [0.5, 0.6) is 0 Å². The predicted molar refractivity (Wildman–Crippen MR) is 94.0 cm³/mol. The number of oxime groups is 1. The van der Waals surface area contributed by atoms with Crippen LogP contribution in [0.3, 0.4) is 0 Å². The average molecular weight is 347 g/mol. The van der Waals surface area contributed by atoms with Gasteiger partial charge in [0.2, 0.25) is 0 Å².